The summed E-state index contributed by atoms with van der Waals surface area (Å²) in [5.74, 6) is 1.56. The first kappa shape index (κ1) is 19.3. The molecule has 164 valence electrons. The minimum atomic E-state index is -0.167. The van der Waals surface area contributed by atoms with Crippen LogP contribution in [0.4, 0.5) is 0 Å². The third kappa shape index (κ3) is 3.32. The summed E-state index contributed by atoms with van der Waals surface area (Å²) in [5.41, 5.74) is 1.24. The zero-order valence-corrected chi connectivity index (χ0v) is 17.7. The van der Waals surface area contributed by atoms with Crippen molar-refractivity contribution in [3.05, 3.63) is 46.1 Å². The minimum Gasteiger partial charge on any atom is -0.363 e. The van der Waals surface area contributed by atoms with Crippen molar-refractivity contribution in [2.24, 2.45) is 11.8 Å². The predicted octanol–water partition coefficient (Wildman–Crippen LogP) is 1.46. The number of amides is 1. The minimum absolute atomic E-state index is 0.0672. The van der Waals surface area contributed by atoms with E-state index < -0.39 is 0 Å². The van der Waals surface area contributed by atoms with Crippen LogP contribution in [-0.2, 0) is 0 Å². The third-order valence-electron chi connectivity index (χ3n) is 8.01. The zero-order chi connectivity index (χ0) is 20.9. The number of carbonyl (C=O) groups excluding carboxylic acids is 1. The summed E-state index contributed by atoms with van der Waals surface area (Å²) in [5, 5.41) is 7.38. The van der Waals surface area contributed by atoms with E-state index in [-0.39, 0.29) is 23.4 Å². The maximum Gasteiger partial charge on any atom is 0.256 e. The molecular formula is C23H29N5O3. The Morgan fingerprint density at radius 3 is 2.26 bits per heavy atom. The van der Waals surface area contributed by atoms with E-state index in [0.29, 0.717) is 23.2 Å². The molecule has 2 atom stereocenters. The van der Waals surface area contributed by atoms with Crippen molar-refractivity contribution >= 4 is 5.91 Å². The van der Waals surface area contributed by atoms with Gasteiger partial charge in [0.15, 0.2) is 5.82 Å². The Hall–Kier alpha value is -2.45. The van der Waals surface area contributed by atoms with Crippen molar-refractivity contribution in [1.82, 2.24) is 24.8 Å². The Labute approximate surface area is 181 Å². The van der Waals surface area contributed by atoms with Gasteiger partial charge in [0.05, 0.1) is 5.56 Å². The first-order valence-corrected chi connectivity index (χ1v) is 11.6. The van der Waals surface area contributed by atoms with Gasteiger partial charge in [-0.15, -0.1) is 0 Å². The average Bonchev–Trinajstić information content (AvgIpc) is 3.35. The van der Waals surface area contributed by atoms with Gasteiger partial charge in [-0.05, 0) is 69.8 Å². The van der Waals surface area contributed by atoms with Crippen LogP contribution in [0.15, 0.2) is 33.8 Å². The van der Waals surface area contributed by atoms with E-state index in [1.807, 2.05) is 0 Å². The molecule has 8 heteroatoms. The Morgan fingerprint density at radius 1 is 0.968 bits per heavy atom. The van der Waals surface area contributed by atoms with Crippen LogP contribution in [0.1, 0.15) is 47.7 Å². The molecule has 1 N–H and O–H groups in total. The molecule has 0 saturated carbocycles. The summed E-state index contributed by atoms with van der Waals surface area (Å²) in [7, 11) is 0. The lowest BCUT2D eigenvalue weighted by molar-refractivity contribution is 0.0613. The number of fused-ring (bicyclic) bond motifs is 6. The summed E-state index contributed by atoms with van der Waals surface area (Å²) in [6.45, 7) is 6.28. The van der Waals surface area contributed by atoms with Crippen LogP contribution >= 0.6 is 0 Å². The molecular weight excluding hydrogens is 394 g/mol. The van der Waals surface area contributed by atoms with Gasteiger partial charge in [-0.1, -0.05) is 5.16 Å². The monoisotopic (exact) mass is 423 g/mol. The molecule has 8 nitrogen and oxygen atoms in total. The van der Waals surface area contributed by atoms with Crippen molar-refractivity contribution in [2.45, 2.75) is 37.6 Å². The number of carbonyl (C=O) groups is 1. The molecule has 2 aromatic rings. The highest BCUT2D eigenvalue weighted by molar-refractivity contribution is 5.96. The fourth-order valence-corrected chi connectivity index (χ4v) is 6.32. The first-order chi connectivity index (χ1) is 15.2. The van der Waals surface area contributed by atoms with E-state index >= 15 is 0 Å². The molecule has 8 rings (SSSR count). The van der Waals surface area contributed by atoms with Gasteiger partial charge in [-0.2, -0.15) is 0 Å². The smallest absolute Gasteiger partial charge is 0.256 e. The zero-order valence-electron chi connectivity index (χ0n) is 17.7. The van der Waals surface area contributed by atoms with Crippen LogP contribution in [0.5, 0.6) is 0 Å². The first-order valence-electron chi connectivity index (χ1n) is 11.6. The van der Waals surface area contributed by atoms with Crippen LogP contribution in [-0.4, -0.2) is 70.7 Å². The van der Waals surface area contributed by atoms with Gasteiger partial charge in [0, 0.05) is 42.9 Å². The van der Waals surface area contributed by atoms with E-state index in [1.165, 1.54) is 12.3 Å². The van der Waals surface area contributed by atoms with Crippen LogP contribution in [0.3, 0.4) is 0 Å². The molecule has 8 heterocycles. The van der Waals surface area contributed by atoms with E-state index in [9.17, 15) is 9.59 Å². The van der Waals surface area contributed by atoms with E-state index in [0.717, 1.165) is 70.6 Å². The van der Waals surface area contributed by atoms with Crippen molar-refractivity contribution in [1.29, 1.82) is 0 Å². The number of pyridine rings is 1. The lowest BCUT2D eigenvalue weighted by atomic mass is 9.76. The van der Waals surface area contributed by atoms with Crippen LogP contribution in [0.25, 0.3) is 5.82 Å². The van der Waals surface area contributed by atoms with Gasteiger partial charge < -0.3 is 19.6 Å². The molecule has 31 heavy (non-hydrogen) atoms. The largest absolute Gasteiger partial charge is 0.363 e. The summed E-state index contributed by atoms with van der Waals surface area (Å²) in [6, 6.07) is 5.09. The lowest BCUT2D eigenvalue weighted by Crippen LogP contribution is -2.57. The van der Waals surface area contributed by atoms with Gasteiger partial charge in [0.25, 0.3) is 11.5 Å². The second-order valence-corrected chi connectivity index (χ2v) is 9.63. The number of hydrogen-bond acceptors (Lipinski definition) is 6. The maximum atomic E-state index is 13.6. The standard InChI is InChI=1S/C23H29N5O3/c29-21-2-1-17(23(30)24-19-14-27-10-5-16(19)6-11-27)22(28(21)20-7-12-31-25-20)18-13-26-8-3-15(18)4-9-26/h1-2,7,12,15-16,18-19H,3-6,8-11,13-14H2,(H,24,30). The molecule has 0 aromatic carbocycles. The maximum absolute atomic E-state index is 13.6. The molecule has 0 radical (unpaired) electrons. The summed E-state index contributed by atoms with van der Waals surface area (Å²) in [4.78, 5) is 31.5. The van der Waals surface area contributed by atoms with E-state index in [1.54, 1.807) is 16.7 Å². The fourth-order valence-electron chi connectivity index (χ4n) is 6.32. The quantitative estimate of drug-likeness (QED) is 0.802. The van der Waals surface area contributed by atoms with Crippen LogP contribution in [0, 0.1) is 11.8 Å². The number of piperidine rings is 6. The van der Waals surface area contributed by atoms with Crippen LogP contribution in [0.2, 0.25) is 0 Å². The number of aromatic nitrogens is 2. The molecule has 6 fully saturated rings. The fraction of sp³-hybridized carbons (Fsp3) is 0.609. The van der Waals surface area contributed by atoms with Gasteiger partial charge in [-0.25, -0.2) is 0 Å². The molecule has 6 aliphatic heterocycles. The van der Waals surface area contributed by atoms with Crippen molar-refractivity contribution < 1.29 is 9.32 Å². The third-order valence-corrected chi connectivity index (χ3v) is 8.01. The highest BCUT2D eigenvalue weighted by atomic mass is 16.5. The van der Waals surface area contributed by atoms with Crippen molar-refractivity contribution in [3.63, 3.8) is 0 Å². The molecule has 0 aliphatic carbocycles. The van der Waals surface area contributed by atoms with Crippen LogP contribution < -0.4 is 10.9 Å². The Kier molecular flexibility index (Phi) is 4.72. The van der Waals surface area contributed by atoms with Crippen molar-refractivity contribution in [3.8, 4) is 5.82 Å². The average molecular weight is 424 g/mol. The molecule has 1 amide bonds. The van der Waals surface area contributed by atoms with Gasteiger partial charge in [0.2, 0.25) is 0 Å². The summed E-state index contributed by atoms with van der Waals surface area (Å²) < 4.78 is 6.67. The van der Waals surface area contributed by atoms with Gasteiger partial charge in [-0.3, -0.25) is 14.2 Å². The number of rotatable bonds is 4. The Bertz CT molecular complexity index is 1020. The van der Waals surface area contributed by atoms with E-state index in [4.69, 9.17) is 4.52 Å². The Morgan fingerprint density at radius 2 is 1.68 bits per heavy atom. The molecule has 2 aromatic heterocycles. The van der Waals surface area contributed by atoms with E-state index in [2.05, 4.69) is 20.3 Å². The molecule has 6 saturated heterocycles. The SMILES string of the molecule is O=C(NC1CN2CCC1CC2)c1ccc(=O)n(-c2ccon2)c1C1CN2CCC1CC2. The van der Waals surface area contributed by atoms with Gasteiger partial charge in [0.1, 0.15) is 6.26 Å². The molecule has 2 unspecified atom stereocenters. The number of nitrogens with one attached hydrogen (secondary N) is 1. The lowest BCUT2D eigenvalue weighted by Gasteiger charge is -2.46. The molecule has 4 bridgehead atoms. The highest BCUT2D eigenvalue weighted by Gasteiger charge is 2.40. The summed E-state index contributed by atoms with van der Waals surface area (Å²) >= 11 is 0. The normalized spacial score (nSPS) is 34.1. The topological polar surface area (TPSA) is 83.6 Å². The predicted molar refractivity (Wildman–Crippen MR) is 114 cm³/mol. The number of nitrogens with zero attached hydrogens (tertiary/aromatic N) is 4. The highest BCUT2D eigenvalue weighted by Crippen LogP contribution is 2.40. The summed E-state index contributed by atoms with van der Waals surface area (Å²) in [6.07, 6.45) is 5.98. The molecule has 0 spiro atoms. The molecule has 6 aliphatic rings. The van der Waals surface area contributed by atoms with Gasteiger partial charge >= 0.3 is 0 Å². The number of hydrogen-bond donors (Lipinski definition) is 1. The Balaban J connectivity index is 1.41. The second kappa shape index (κ2) is 7.60. The second-order valence-electron chi connectivity index (χ2n) is 9.63. The van der Waals surface area contributed by atoms with Crippen molar-refractivity contribution in [2.75, 3.05) is 39.3 Å².